The van der Waals surface area contributed by atoms with E-state index in [1.54, 1.807) is 0 Å². The molecule has 3 rings (SSSR count). The number of benzene rings is 1. The highest BCUT2D eigenvalue weighted by Crippen LogP contribution is 2.26. The van der Waals surface area contributed by atoms with Crippen LogP contribution in [0.1, 0.15) is 34.9 Å². The highest BCUT2D eigenvalue weighted by Gasteiger charge is 2.19. The molecule has 104 valence electrons. The number of rotatable bonds is 3. The van der Waals surface area contributed by atoms with Gasteiger partial charge in [-0.05, 0) is 43.7 Å². The van der Waals surface area contributed by atoms with Gasteiger partial charge >= 0.3 is 0 Å². The fourth-order valence-electron chi connectivity index (χ4n) is 2.21. The SMILES string of the molecule is O=C(Nc1nc(C2CCCN2)cs1)c1ccc(F)cc1. The second-order valence-corrected chi connectivity index (χ2v) is 5.55. The molecule has 0 saturated carbocycles. The molecule has 1 aliphatic heterocycles. The molecule has 4 nitrogen and oxygen atoms in total. The maximum absolute atomic E-state index is 12.8. The van der Waals surface area contributed by atoms with E-state index in [0.29, 0.717) is 16.7 Å². The second kappa shape index (κ2) is 5.68. The second-order valence-electron chi connectivity index (χ2n) is 4.69. The molecule has 1 fully saturated rings. The first-order chi connectivity index (χ1) is 9.72. The first-order valence-corrected chi connectivity index (χ1v) is 7.36. The van der Waals surface area contributed by atoms with Gasteiger partial charge in [0.15, 0.2) is 5.13 Å². The molecule has 1 aromatic heterocycles. The minimum Gasteiger partial charge on any atom is -0.309 e. The third-order valence-corrected chi connectivity index (χ3v) is 4.04. The molecule has 1 aliphatic rings. The van der Waals surface area contributed by atoms with Crippen LogP contribution in [0.25, 0.3) is 0 Å². The molecule has 2 aromatic rings. The van der Waals surface area contributed by atoms with Crippen molar-refractivity contribution in [3.05, 3.63) is 46.7 Å². The molecule has 1 unspecified atom stereocenters. The van der Waals surface area contributed by atoms with Crippen molar-refractivity contribution >= 4 is 22.4 Å². The van der Waals surface area contributed by atoms with Crippen molar-refractivity contribution in [1.82, 2.24) is 10.3 Å². The molecule has 1 atom stereocenters. The van der Waals surface area contributed by atoms with Crippen molar-refractivity contribution in [1.29, 1.82) is 0 Å². The zero-order valence-electron chi connectivity index (χ0n) is 10.7. The topological polar surface area (TPSA) is 54.0 Å². The molecule has 20 heavy (non-hydrogen) atoms. The molecule has 0 bridgehead atoms. The van der Waals surface area contributed by atoms with Crippen LogP contribution in [0.4, 0.5) is 9.52 Å². The Morgan fingerprint density at radius 2 is 2.20 bits per heavy atom. The van der Waals surface area contributed by atoms with Crippen molar-refractivity contribution in [2.24, 2.45) is 0 Å². The predicted octanol–water partition coefficient (Wildman–Crippen LogP) is 2.96. The van der Waals surface area contributed by atoms with Crippen LogP contribution in [-0.4, -0.2) is 17.4 Å². The Hall–Kier alpha value is -1.79. The van der Waals surface area contributed by atoms with Gasteiger partial charge in [-0.2, -0.15) is 0 Å². The average molecular weight is 291 g/mol. The highest BCUT2D eigenvalue weighted by atomic mass is 32.1. The summed E-state index contributed by atoms with van der Waals surface area (Å²) in [6.45, 7) is 1.01. The monoisotopic (exact) mass is 291 g/mol. The highest BCUT2D eigenvalue weighted by molar-refractivity contribution is 7.14. The Labute approximate surface area is 120 Å². The van der Waals surface area contributed by atoms with Crippen LogP contribution < -0.4 is 10.6 Å². The van der Waals surface area contributed by atoms with Gasteiger partial charge in [0.05, 0.1) is 11.7 Å². The lowest BCUT2D eigenvalue weighted by Gasteiger charge is -2.05. The van der Waals surface area contributed by atoms with Crippen LogP contribution in [0.5, 0.6) is 0 Å². The summed E-state index contributed by atoms with van der Waals surface area (Å²) in [5.41, 5.74) is 1.39. The maximum atomic E-state index is 12.8. The summed E-state index contributed by atoms with van der Waals surface area (Å²) in [6, 6.07) is 5.74. The minimum atomic E-state index is -0.356. The Balaban J connectivity index is 1.68. The molecule has 1 saturated heterocycles. The van der Waals surface area contributed by atoms with Gasteiger partial charge in [-0.15, -0.1) is 11.3 Å². The minimum absolute atomic E-state index is 0.273. The molecule has 2 heterocycles. The molecule has 2 N–H and O–H groups in total. The van der Waals surface area contributed by atoms with Crippen LogP contribution in [0, 0.1) is 5.82 Å². The van der Waals surface area contributed by atoms with Crippen LogP contribution in [0.3, 0.4) is 0 Å². The Kier molecular flexibility index (Phi) is 3.75. The van der Waals surface area contributed by atoms with E-state index in [1.165, 1.54) is 35.6 Å². The summed E-state index contributed by atoms with van der Waals surface area (Å²) in [4.78, 5) is 16.4. The van der Waals surface area contributed by atoms with Crippen molar-refractivity contribution < 1.29 is 9.18 Å². The summed E-state index contributed by atoms with van der Waals surface area (Å²) < 4.78 is 12.8. The largest absolute Gasteiger partial charge is 0.309 e. The van der Waals surface area contributed by atoms with Gasteiger partial charge in [0.2, 0.25) is 0 Å². The van der Waals surface area contributed by atoms with Crippen LogP contribution in [0.15, 0.2) is 29.6 Å². The van der Waals surface area contributed by atoms with Gasteiger partial charge in [0, 0.05) is 10.9 Å². The molecular formula is C14H14FN3OS. The first-order valence-electron chi connectivity index (χ1n) is 6.48. The lowest BCUT2D eigenvalue weighted by atomic mass is 10.2. The molecule has 0 aliphatic carbocycles. The van der Waals surface area contributed by atoms with Crippen LogP contribution >= 0.6 is 11.3 Å². The fourth-order valence-corrected chi connectivity index (χ4v) is 2.97. The summed E-state index contributed by atoms with van der Waals surface area (Å²) in [5.74, 6) is -0.629. The van der Waals surface area contributed by atoms with Crippen molar-refractivity contribution in [2.75, 3.05) is 11.9 Å². The van der Waals surface area contributed by atoms with Crippen LogP contribution in [-0.2, 0) is 0 Å². The van der Waals surface area contributed by atoms with E-state index in [1.807, 2.05) is 5.38 Å². The number of thiazole rings is 1. The third-order valence-electron chi connectivity index (χ3n) is 3.27. The van der Waals surface area contributed by atoms with Gasteiger partial charge in [-0.1, -0.05) is 0 Å². The normalized spacial score (nSPS) is 18.1. The van der Waals surface area contributed by atoms with Gasteiger partial charge in [-0.25, -0.2) is 9.37 Å². The first kappa shape index (κ1) is 13.2. The fraction of sp³-hybridized carbons (Fsp3) is 0.286. The number of halogens is 1. The molecular weight excluding hydrogens is 277 g/mol. The number of carbonyl (C=O) groups excluding carboxylic acids is 1. The summed E-state index contributed by atoms with van der Waals surface area (Å²) in [6.07, 6.45) is 2.23. The van der Waals surface area contributed by atoms with Crippen molar-refractivity contribution in [2.45, 2.75) is 18.9 Å². The van der Waals surface area contributed by atoms with E-state index >= 15 is 0 Å². The van der Waals surface area contributed by atoms with Crippen molar-refractivity contribution in [3.8, 4) is 0 Å². The molecule has 1 aromatic carbocycles. The Morgan fingerprint density at radius 1 is 1.40 bits per heavy atom. The number of hydrogen-bond acceptors (Lipinski definition) is 4. The third kappa shape index (κ3) is 2.86. The van der Waals surface area contributed by atoms with Crippen LogP contribution in [0.2, 0.25) is 0 Å². The van der Waals surface area contributed by atoms with E-state index in [9.17, 15) is 9.18 Å². The number of carbonyl (C=O) groups is 1. The number of hydrogen-bond donors (Lipinski definition) is 2. The zero-order chi connectivity index (χ0) is 13.9. The lowest BCUT2D eigenvalue weighted by molar-refractivity contribution is 0.102. The Bertz CT molecular complexity index is 605. The molecule has 1 amide bonds. The number of nitrogens with zero attached hydrogens (tertiary/aromatic N) is 1. The summed E-state index contributed by atoms with van der Waals surface area (Å²) >= 11 is 1.41. The standard InChI is InChI=1S/C14H14FN3OS/c15-10-5-3-9(4-6-10)13(19)18-14-17-12(8-20-14)11-2-1-7-16-11/h3-6,8,11,16H,1-2,7H2,(H,17,18,19). The number of amides is 1. The number of anilines is 1. The zero-order valence-corrected chi connectivity index (χ0v) is 11.5. The Morgan fingerprint density at radius 3 is 2.90 bits per heavy atom. The molecule has 0 radical (unpaired) electrons. The summed E-state index contributed by atoms with van der Waals surface area (Å²) in [5, 5.41) is 8.64. The quantitative estimate of drug-likeness (QED) is 0.914. The molecule has 6 heteroatoms. The van der Waals surface area contributed by atoms with Gasteiger partial charge in [0.1, 0.15) is 5.82 Å². The molecule has 0 spiro atoms. The maximum Gasteiger partial charge on any atom is 0.257 e. The van der Waals surface area contributed by atoms with Gasteiger partial charge < -0.3 is 5.32 Å². The lowest BCUT2D eigenvalue weighted by Crippen LogP contribution is -2.14. The van der Waals surface area contributed by atoms with Gasteiger partial charge in [0.25, 0.3) is 5.91 Å². The average Bonchev–Trinajstić information content (AvgIpc) is 3.09. The van der Waals surface area contributed by atoms with Gasteiger partial charge in [-0.3, -0.25) is 10.1 Å². The van der Waals surface area contributed by atoms with E-state index in [-0.39, 0.29) is 11.7 Å². The summed E-state index contributed by atoms with van der Waals surface area (Å²) in [7, 11) is 0. The van der Waals surface area contributed by atoms with E-state index in [0.717, 1.165) is 25.1 Å². The van der Waals surface area contributed by atoms with Crippen molar-refractivity contribution in [3.63, 3.8) is 0 Å². The number of aromatic nitrogens is 1. The van der Waals surface area contributed by atoms with E-state index in [4.69, 9.17) is 0 Å². The number of nitrogens with one attached hydrogen (secondary N) is 2. The van der Waals surface area contributed by atoms with E-state index < -0.39 is 0 Å². The smallest absolute Gasteiger partial charge is 0.257 e. The predicted molar refractivity (Wildman–Crippen MR) is 76.4 cm³/mol. The van der Waals surface area contributed by atoms with E-state index in [2.05, 4.69) is 15.6 Å².